The van der Waals surface area contributed by atoms with Crippen molar-refractivity contribution in [1.29, 1.82) is 0 Å². The number of carbonyl (C=O) groups is 2. The second-order valence-corrected chi connectivity index (χ2v) is 8.26. The van der Waals surface area contributed by atoms with Gasteiger partial charge < -0.3 is 5.32 Å². The molecule has 0 atom stereocenters. The average Bonchev–Trinajstić information content (AvgIpc) is 3.16. The fourth-order valence-electron chi connectivity index (χ4n) is 1.95. The number of benzene rings is 1. The minimum atomic E-state index is -0.0716. The van der Waals surface area contributed by atoms with Gasteiger partial charge in [-0.2, -0.15) is 0 Å². The van der Waals surface area contributed by atoms with Gasteiger partial charge in [-0.05, 0) is 24.3 Å². The molecule has 0 saturated carbocycles. The SMILES string of the molecule is CC(=O)NCc1ccc(C(=O)CSc2nc3ccccc3s2)s1. The predicted molar refractivity (Wildman–Crippen MR) is 96.5 cm³/mol. The number of thiophene rings is 1. The number of para-hydroxylation sites is 1. The van der Waals surface area contributed by atoms with Crippen LogP contribution in [-0.4, -0.2) is 22.4 Å². The zero-order valence-corrected chi connectivity index (χ0v) is 14.8. The van der Waals surface area contributed by atoms with Crippen LogP contribution in [0.25, 0.3) is 10.2 Å². The minimum absolute atomic E-state index is 0.0716. The van der Waals surface area contributed by atoms with Crippen LogP contribution < -0.4 is 5.32 Å². The molecule has 7 heteroatoms. The predicted octanol–water partition coefficient (Wildman–Crippen LogP) is 3.97. The molecule has 0 unspecified atom stereocenters. The van der Waals surface area contributed by atoms with Crippen molar-refractivity contribution in [2.45, 2.75) is 17.8 Å². The highest BCUT2D eigenvalue weighted by Crippen LogP contribution is 2.30. The second-order valence-electron chi connectivity index (χ2n) is 4.84. The number of ketones is 1. The first-order valence-electron chi connectivity index (χ1n) is 6.96. The van der Waals surface area contributed by atoms with Crippen LogP contribution in [0.4, 0.5) is 0 Å². The van der Waals surface area contributed by atoms with Crippen LogP contribution in [0.2, 0.25) is 0 Å². The minimum Gasteiger partial charge on any atom is -0.351 e. The van der Waals surface area contributed by atoms with E-state index in [1.165, 1.54) is 30.0 Å². The van der Waals surface area contributed by atoms with Crippen molar-refractivity contribution in [3.8, 4) is 0 Å². The molecule has 0 fully saturated rings. The molecule has 3 aromatic rings. The molecule has 0 spiro atoms. The molecule has 0 bridgehead atoms. The molecular formula is C16H14N2O2S3. The molecule has 0 aliphatic rings. The molecule has 0 radical (unpaired) electrons. The fraction of sp³-hybridized carbons (Fsp3) is 0.188. The second kappa shape index (κ2) is 7.25. The first-order valence-corrected chi connectivity index (χ1v) is 9.58. The number of hydrogen-bond donors (Lipinski definition) is 1. The molecular weight excluding hydrogens is 348 g/mol. The van der Waals surface area contributed by atoms with Gasteiger partial charge in [0.05, 0.1) is 27.4 Å². The van der Waals surface area contributed by atoms with Gasteiger partial charge in [0.25, 0.3) is 0 Å². The van der Waals surface area contributed by atoms with Crippen molar-refractivity contribution in [2.75, 3.05) is 5.75 Å². The van der Waals surface area contributed by atoms with E-state index in [4.69, 9.17) is 0 Å². The summed E-state index contributed by atoms with van der Waals surface area (Å²) in [6, 6.07) is 11.7. The van der Waals surface area contributed by atoms with Gasteiger partial charge >= 0.3 is 0 Å². The largest absolute Gasteiger partial charge is 0.351 e. The topological polar surface area (TPSA) is 59.1 Å². The molecule has 23 heavy (non-hydrogen) atoms. The molecule has 0 saturated heterocycles. The van der Waals surface area contributed by atoms with Crippen molar-refractivity contribution >= 4 is 56.3 Å². The third-order valence-corrected chi connectivity index (χ3v) is 6.35. The van der Waals surface area contributed by atoms with Crippen LogP contribution >= 0.6 is 34.4 Å². The third kappa shape index (κ3) is 4.19. The maximum Gasteiger partial charge on any atom is 0.217 e. The highest BCUT2D eigenvalue weighted by molar-refractivity contribution is 8.01. The number of thiazole rings is 1. The Kier molecular flexibility index (Phi) is 5.09. The Morgan fingerprint density at radius 2 is 2.00 bits per heavy atom. The summed E-state index contributed by atoms with van der Waals surface area (Å²) < 4.78 is 2.05. The standard InChI is InChI=1S/C16H14N2O2S3/c1-10(19)17-8-11-6-7-15(22-11)13(20)9-21-16-18-12-4-2-3-5-14(12)23-16/h2-7H,8-9H2,1H3,(H,17,19). The van der Waals surface area contributed by atoms with E-state index in [2.05, 4.69) is 10.3 Å². The van der Waals surface area contributed by atoms with Crippen LogP contribution in [0.5, 0.6) is 0 Å². The van der Waals surface area contributed by atoms with Gasteiger partial charge in [0.15, 0.2) is 10.1 Å². The van der Waals surface area contributed by atoms with Crippen molar-refractivity contribution in [2.24, 2.45) is 0 Å². The molecule has 1 amide bonds. The van der Waals surface area contributed by atoms with Crippen molar-refractivity contribution in [3.05, 3.63) is 46.2 Å². The Morgan fingerprint density at radius 1 is 1.17 bits per heavy atom. The maximum absolute atomic E-state index is 12.3. The lowest BCUT2D eigenvalue weighted by Gasteiger charge is -1.98. The average molecular weight is 363 g/mol. The van der Waals surface area contributed by atoms with Gasteiger partial charge in [-0.1, -0.05) is 23.9 Å². The van der Waals surface area contributed by atoms with Gasteiger partial charge in [0.2, 0.25) is 5.91 Å². The first kappa shape index (κ1) is 16.2. The lowest BCUT2D eigenvalue weighted by molar-refractivity contribution is -0.119. The molecule has 4 nitrogen and oxygen atoms in total. The summed E-state index contributed by atoms with van der Waals surface area (Å²) in [4.78, 5) is 29.4. The summed E-state index contributed by atoms with van der Waals surface area (Å²) in [6.07, 6.45) is 0. The Hall–Kier alpha value is -1.70. The number of Topliss-reactive ketones (excluding diaryl/α,β-unsaturated/α-hetero) is 1. The Balaban J connectivity index is 1.59. The maximum atomic E-state index is 12.3. The van der Waals surface area contributed by atoms with Crippen LogP contribution in [0.3, 0.4) is 0 Å². The van der Waals surface area contributed by atoms with Gasteiger partial charge in [-0.25, -0.2) is 4.98 Å². The molecule has 1 N–H and O–H groups in total. The van der Waals surface area contributed by atoms with Crippen LogP contribution in [0.15, 0.2) is 40.7 Å². The van der Waals surface area contributed by atoms with E-state index in [0.717, 1.165) is 24.3 Å². The smallest absolute Gasteiger partial charge is 0.217 e. The number of aromatic nitrogens is 1. The Morgan fingerprint density at radius 3 is 2.78 bits per heavy atom. The van der Waals surface area contributed by atoms with Crippen molar-refractivity contribution < 1.29 is 9.59 Å². The first-order chi connectivity index (χ1) is 11.1. The van der Waals surface area contributed by atoms with Gasteiger partial charge in [-0.3, -0.25) is 9.59 Å². The van der Waals surface area contributed by atoms with Crippen LogP contribution in [0, 0.1) is 0 Å². The lowest BCUT2D eigenvalue weighted by Crippen LogP contribution is -2.18. The summed E-state index contributed by atoms with van der Waals surface area (Å²) in [6.45, 7) is 1.95. The van der Waals surface area contributed by atoms with E-state index in [1.54, 1.807) is 11.3 Å². The zero-order valence-electron chi connectivity index (χ0n) is 12.4. The van der Waals surface area contributed by atoms with Crippen LogP contribution in [0.1, 0.15) is 21.5 Å². The van der Waals surface area contributed by atoms with Gasteiger partial charge in [0.1, 0.15) is 0 Å². The quantitative estimate of drug-likeness (QED) is 0.532. The number of hydrogen-bond acceptors (Lipinski definition) is 6. The molecule has 0 aliphatic carbocycles. The molecule has 0 aliphatic heterocycles. The normalized spacial score (nSPS) is 10.8. The van der Waals surface area contributed by atoms with E-state index in [0.29, 0.717) is 12.3 Å². The number of nitrogens with one attached hydrogen (secondary N) is 1. The Bertz CT molecular complexity index is 821. The molecule has 3 rings (SSSR count). The van der Waals surface area contributed by atoms with E-state index >= 15 is 0 Å². The Labute approximate surface area is 145 Å². The fourth-order valence-corrected chi connectivity index (χ4v) is 4.87. The van der Waals surface area contributed by atoms with E-state index in [-0.39, 0.29) is 11.7 Å². The highest BCUT2D eigenvalue weighted by Gasteiger charge is 2.12. The van der Waals surface area contributed by atoms with E-state index in [1.807, 2.05) is 36.4 Å². The molecule has 1 aromatic carbocycles. The monoisotopic (exact) mass is 362 g/mol. The lowest BCUT2D eigenvalue weighted by atomic mass is 10.3. The number of fused-ring (bicyclic) bond motifs is 1. The number of carbonyl (C=O) groups excluding carboxylic acids is 2. The van der Waals surface area contributed by atoms with Crippen LogP contribution in [-0.2, 0) is 11.3 Å². The van der Waals surface area contributed by atoms with Crippen molar-refractivity contribution in [3.63, 3.8) is 0 Å². The number of rotatable bonds is 6. The summed E-state index contributed by atoms with van der Waals surface area (Å²) in [5, 5.41) is 2.73. The van der Waals surface area contributed by atoms with Gasteiger partial charge in [-0.15, -0.1) is 22.7 Å². The number of amides is 1. The highest BCUT2D eigenvalue weighted by atomic mass is 32.2. The summed E-state index contributed by atoms with van der Waals surface area (Å²) >= 11 is 4.51. The summed E-state index contributed by atoms with van der Waals surface area (Å²) in [7, 11) is 0. The molecule has 2 heterocycles. The summed E-state index contributed by atoms with van der Waals surface area (Å²) in [5.74, 6) is 0.394. The molecule has 2 aromatic heterocycles. The molecule has 118 valence electrons. The van der Waals surface area contributed by atoms with Crippen molar-refractivity contribution in [1.82, 2.24) is 10.3 Å². The zero-order chi connectivity index (χ0) is 16.2. The van der Waals surface area contributed by atoms with Gasteiger partial charge in [0, 0.05) is 11.8 Å². The van der Waals surface area contributed by atoms with E-state index < -0.39 is 0 Å². The number of nitrogens with zero attached hydrogens (tertiary/aromatic N) is 1. The van der Waals surface area contributed by atoms with E-state index in [9.17, 15) is 9.59 Å². The summed E-state index contributed by atoms with van der Waals surface area (Å²) in [5.41, 5.74) is 0.973. The third-order valence-electron chi connectivity index (χ3n) is 3.05. The number of thioether (sulfide) groups is 1.